The molecule has 0 spiro atoms. The van der Waals surface area contributed by atoms with Crippen LogP contribution in [0, 0.1) is 12.7 Å². The third-order valence-electron chi connectivity index (χ3n) is 6.65. The number of hydrogen-bond acceptors (Lipinski definition) is 6. The fourth-order valence-corrected chi connectivity index (χ4v) is 4.24. The largest absolute Gasteiger partial charge is 0.325 e. The Kier molecular flexibility index (Phi) is 6.41. The molecule has 9 heteroatoms. The lowest BCUT2D eigenvalue weighted by molar-refractivity contribution is 0.112. The summed E-state index contributed by atoms with van der Waals surface area (Å²) in [5, 5.41) is 10.6. The summed E-state index contributed by atoms with van der Waals surface area (Å²) in [5.41, 5.74) is 5.82. The van der Waals surface area contributed by atoms with E-state index in [1.165, 1.54) is 18.9 Å². The maximum atomic E-state index is 15.1. The number of nitrogens with zero attached hydrogens (tertiary/aromatic N) is 4. The van der Waals surface area contributed by atoms with Crippen LogP contribution in [0.2, 0.25) is 0 Å². The van der Waals surface area contributed by atoms with Crippen LogP contribution in [0.4, 0.5) is 16.0 Å². The van der Waals surface area contributed by atoms with Crippen molar-refractivity contribution in [3.05, 3.63) is 76.9 Å². The van der Waals surface area contributed by atoms with Gasteiger partial charge in [0, 0.05) is 51.8 Å². The molecule has 1 saturated carbocycles. The zero-order valence-electron chi connectivity index (χ0n) is 20.4. The van der Waals surface area contributed by atoms with Gasteiger partial charge in [0.05, 0.1) is 0 Å². The van der Waals surface area contributed by atoms with E-state index in [9.17, 15) is 4.79 Å². The van der Waals surface area contributed by atoms with Crippen molar-refractivity contribution in [2.75, 3.05) is 12.4 Å². The summed E-state index contributed by atoms with van der Waals surface area (Å²) in [6.45, 7) is 3.86. The van der Waals surface area contributed by atoms with Gasteiger partial charge >= 0.3 is 0 Å². The van der Waals surface area contributed by atoms with Gasteiger partial charge in [-0.25, -0.2) is 4.39 Å². The molecular weight excluding hydrogens is 454 g/mol. The van der Waals surface area contributed by atoms with E-state index in [1.54, 1.807) is 18.3 Å². The van der Waals surface area contributed by atoms with Gasteiger partial charge in [-0.3, -0.25) is 14.4 Å². The standard InChI is InChI=1S/C27H26BFN6O/c1-15-10-20(14-36)22(16(2)30-3)12-25(15)32-27-33-26(34-35(27)28)18-6-8-21(23(29)11-18)19-7-9-24(31-13-19)17-4-5-17/h6-14,16-17,30H,4-5H2,1-3H3,(H,32,33,34). The van der Waals surface area contributed by atoms with Crippen LogP contribution in [-0.2, 0) is 0 Å². The van der Waals surface area contributed by atoms with E-state index in [2.05, 4.69) is 25.7 Å². The fourth-order valence-electron chi connectivity index (χ4n) is 4.24. The van der Waals surface area contributed by atoms with Gasteiger partial charge in [-0.1, -0.05) is 18.2 Å². The zero-order chi connectivity index (χ0) is 25.4. The summed E-state index contributed by atoms with van der Waals surface area (Å²) in [6.07, 6.45) is 4.92. The van der Waals surface area contributed by atoms with Crippen molar-refractivity contribution >= 4 is 25.9 Å². The summed E-state index contributed by atoms with van der Waals surface area (Å²) >= 11 is 0. The first-order valence-electron chi connectivity index (χ1n) is 11.9. The molecule has 2 aromatic carbocycles. The van der Waals surface area contributed by atoms with Crippen molar-refractivity contribution in [1.82, 2.24) is 25.0 Å². The SMILES string of the molecule is [B]n1nc(-c2ccc(-c3ccc(C4CC4)nc3)c(F)c2)nc1Nc1cc(C(C)NC)c(C=O)cc1C. The molecule has 0 amide bonds. The van der Waals surface area contributed by atoms with Gasteiger partial charge < -0.3 is 10.6 Å². The van der Waals surface area contributed by atoms with Crippen molar-refractivity contribution in [3.63, 3.8) is 0 Å². The summed E-state index contributed by atoms with van der Waals surface area (Å²) in [7, 11) is 7.90. The Morgan fingerprint density at radius 1 is 1.17 bits per heavy atom. The number of aromatic nitrogens is 4. The van der Waals surface area contributed by atoms with Crippen LogP contribution < -0.4 is 10.6 Å². The van der Waals surface area contributed by atoms with Gasteiger partial charge in [-0.2, -0.15) is 10.1 Å². The van der Waals surface area contributed by atoms with Crippen molar-refractivity contribution in [1.29, 1.82) is 0 Å². The first-order valence-corrected chi connectivity index (χ1v) is 11.9. The average Bonchev–Trinajstić information content (AvgIpc) is 3.67. The van der Waals surface area contributed by atoms with E-state index >= 15 is 4.39 Å². The zero-order valence-corrected chi connectivity index (χ0v) is 20.4. The van der Waals surface area contributed by atoms with Crippen molar-refractivity contribution in [3.8, 4) is 22.5 Å². The molecule has 0 saturated heterocycles. The lowest BCUT2D eigenvalue weighted by Crippen LogP contribution is -2.15. The third kappa shape index (κ3) is 4.66. The monoisotopic (exact) mass is 480 g/mol. The number of aldehydes is 1. The lowest BCUT2D eigenvalue weighted by Gasteiger charge is -2.17. The second-order valence-corrected chi connectivity index (χ2v) is 9.19. The van der Waals surface area contributed by atoms with Gasteiger partial charge in [-0.05, 0) is 69.1 Å². The highest BCUT2D eigenvalue weighted by molar-refractivity contribution is 6.07. The van der Waals surface area contributed by atoms with E-state index in [1.807, 2.05) is 45.2 Å². The van der Waals surface area contributed by atoms with E-state index in [0.717, 1.165) is 39.0 Å². The molecule has 0 aliphatic heterocycles. The predicted molar refractivity (Wildman–Crippen MR) is 139 cm³/mol. The van der Waals surface area contributed by atoms with E-state index < -0.39 is 0 Å². The first kappa shape index (κ1) is 23.9. The van der Waals surface area contributed by atoms with Gasteiger partial charge in [0.25, 0.3) is 7.98 Å². The molecule has 4 aromatic rings. The minimum Gasteiger partial charge on any atom is -0.325 e. The van der Waals surface area contributed by atoms with Crippen LogP contribution in [0.5, 0.6) is 0 Å². The second-order valence-electron chi connectivity index (χ2n) is 9.19. The molecule has 1 aliphatic rings. The molecule has 180 valence electrons. The topological polar surface area (TPSA) is 84.7 Å². The van der Waals surface area contributed by atoms with E-state index in [4.69, 9.17) is 7.98 Å². The molecule has 5 rings (SSSR count). The number of hydrogen-bond donors (Lipinski definition) is 2. The summed E-state index contributed by atoms with van der Waals surface area (Å²) in [6, 6.07) is 12.4. The van der Waals surface area contributed by atoms with Crippen molar-refractivity contribution < 1.29 is 9.18 Å². The normalized spacial score (nSPS) is 14.0. The molecule has 36 heavy (non-hydrogen) atoms. The second kappa shape index (κ2) is 9.66. The number of nitrogens with one attached hydrogen (secondary N) is 2. The quantitative estimate of drug-likeness (QED) is 0.270. The highest BCUT2D eigenvalue weighted by atomic mass is 19.1. The Morgan fingerprint density at radius 2 is 1.94 bits per heavy atom. The third-order valence-corrected chi connectivity index (χ3v) is 6.65. The number of anilines is 2. The Morgan fingerprint density at radius 3 is 2.58 bits per heavy atom. The van der Waals surface area contributed by atoms with Crippen LogP contribution in [0.1, 0.15) is 58.9 Å². The minimum absolute atomic E-state index is 0.0285. The summed E-state index contributed by atoms with van der Waals surface area (Å²) < 4.78 is 16.2. The number of rotatable bonds is 8. The number of pyridine rings is 1. The number of aryl methyl sites for hydroxylation is 1. The van der Waals surface area contributed by atoms with Gasteiger partial charge in [-0.15, -0.1) is 0 Å². The molecular formula is C27H26BFN6O. The highest BCUT2D eigenvalue weighted by Gasteiger charge is 2.24. The minimum atomic E-state index is -0.387. The average molecular weight is 480 g/mol. The predicted octanol–water partition coefficient (Wildman–Crippen LogP) is 5.10. The van der Waals surface area contributed by atoms with Gasteiger partial charge in [0.1, 0.15) is 12.1 Å². The fraction of sp³-hybridized carbons (Fsp3) is 0.259. The van der Waals surface area contributed by atoms with Crippen LogP contribution in [0.25, 0.3) is 22.5 Å². The molecule has 2 heterocycles. The maximum Gasteiger partial charge on any atom is 0.269 e. The number of benzene rings is 2. The Hall–Kier alpha value is -3.85. The Bertz CT molecular complexity index is 1430. The van der Waals surface area contributed by atoms with Gasteiger partial charge in [0.2, 0.25) is 5.95 Å². The smallest absolute Gasteiger partial charge is 0.269 e. The Balaban J connectivity index is 1.40. The van der Waals surface area contributed by atoms with Crippen LogP contribution >= 0.6 is 0 Å². The highest BCUT2D eigenvalue weighted by Crippen LogP contribution is 2.39. The summed E-state index contributed by atoms with van der Waals surface area (Å²) in [4.78, 5) is 20.5. The number of carbonyl (C=O) groups excluding carboxylic acids is 1. The molecule has 2 N–H and O–H groups in total. The van der Waals surface area contributed by atoms with Gasteiger partial charge in [0.15, 0.2) is 5.82 Å². The molecule has 1 fully saturated rings. The van der Waals surface area contributed by atoms with E-state index in [0.29, 0.717) is 34.4 Å². The number of carbonyl (C=O) groups is 1. The number of halogens is 1. The molecule has 2 aromatic heterocycles. The van der Waals surface area contributed by atoms with Crippen LogP contribution in [-0.4, -0.2) is 41.0 Å². The molecule has 0 bridgehead atoms. The van der Waals surface area contributed by atoms with Crippen LogP contribution in [0.3, 0.4) is 0 Å². The van der Waals surface area contributed by atoms with Crippen LogP contribution in [0.15, 0.2) is 48.7 Å². The lowest BCUT2D eigenvalue weighted by atomic mass is 9.98. The van der Waals surface area contributed by atoms with E-state index in [-0.39, 0.29) is 11.9 Å². The van der Waals surface area contributed by atoms with Crippen molar-refractivity contribution in [2.45, 2.75) is 38.6 Å². The van der Waals surface area contributed by atoms with Crippen molar-refractivity contribution in [2.24, 2.45) is 0 Å². The maximum absolute atomic E-state index is 15.1. The Labute approximate surface area is 210 Å². The summed E-state index contributed by atoms with van der Waals surface area (Å²) in [5.74, 6) is 0.747. The molecule has 7 nitrogen and oxygen atoms in total. The molecule has 1 atom stereocenters. The molecule has 1 unspecified atom stereocenters. The first-order chi connectivity index (χ1) is 17.4. The molecule has 2 radical (unpaired) electrons. The molecule has 1 aliphatic carbocycles.